The van der Waals surface area contributed by atoms with Crippen molar-refractivity contribution >= 4 is 62.0 Å². The number of nitrogens with zero attached hydrogens (tertiary/aromatic N) is 5. The van der Waals surface area contributed by atoms with Crippen molar-refractivity contribution in [3.05, 3.63) is 136 Å². The van der Waals surface area contributed by atoms with Crippen molar-refractivity contribution in [1.29, 1.82) is 0 Å². The van der Waals surface area contributed by atoms with Crippen molar-refractivity contribution < 1.29 is 28.7 Å². The van der Waals surface area contributed by atoms with Gasteiger partial charge in [-0.3, -0.25) is 24.1 Å². The van der Waals surface area contributed by atoms with Crippen LogP contribution in [0.3, 0.4) is 0 Å². The molecule has 14 nitrogen and oxygen atoms in total. The highest BCUT2D eigenvalue weighted by Gasteiger charge is 2.53. The van der Waals surface area contributed by atoms with E-state index in [0.717, 1.165) is 95.5 Å². The molecule has 2 bridgehead atoms. The molecule has 1 aliphatic carbocycles. The number of nitrogens with one attached hydrogen (secondary N) is 3. The Bertz CT molecular complexity index is 3290. The summed E-state index contributed by atoms with van der Waals surface area (Å²) < 4.78 is 17.1. The van der Waals surface area contributed by atoms with Crippen molar-refractivity contribution in [3.63, 3.8) is 0 Å². The zero-order chi connectivity index (χ0) is 50.4. The Balaban J connectivity index is 0.629. The van der Waals surface area contributed by atoms with Crippen LogP contribution < -0.4 is 16.0 Å². The van der Waals surface area contributed by atoms with Crippen LogP contribution in [0.4, 0.5) is 5.69 Å². The van der Waals surface area contributed by atoms with Gasteiger partial charge in [-0.05, 0) is 120 Å². The summed E-state index contributed by atoms with van der Waals surface area (Å²) >= 11 is 0. The molecule has 4 aliphatic rings. The number of hydrogen-bond acceptors (Lipinski definition) is 11. The summed E-state index contributed by atoms with van der Waals surface area (Å²) in [6, 6.07) is 30.4. The summed E-state index contributed by atoms with van der Waals surface area (Å²) in [4.78, 5) is 67.5. The first-order valence-corrected chi connectivity index (χ1v) is 26.4. The van der Waals surface area contributed by atoms with Crippen molar-refractivity contribution in [1.82, 2.24) is 34.6 Å². The first-order valence-electron chi connectivity index (χ1n) is 26.4. The zero-order valence-electron chi connectivity index (χ0n) is 42.5. The maximum Gasteiger partial charge on any atom is 0.306 e. The number of hydrogen-bond donors (Lipinski definition) is 3. The number of ether oxygens (including phenoxy) is 2. The van der Waals surface area contributed by atoms with E-state index in [9.17, 15) is 19.2 Å². The van der Waals surface area contributed by atoms with Crippen LogP contribution in [-0.4, -0.2) is 90.9 Å². The molecule has 5 aromatic carbocycles. The molecule has 11 rings (SSSR count). The fraction of sp³-hybridized carbons (Fsp3) is 0.424. The maximum absolute atomic E-state index is 14.3. The number of carbonyl (C=O) groups excluding carboxylic acids is 4. The van der Waals surface area contributed by atoms with Gasteiger partial charge in [0.05, 0.1) is 70.6 Å². The summed E-state index contributed by atoms with van der Waals surface area (Å²) in [5.41, 5.74) is 7.43. The lowest BCUT2D eigenvalue weighted by molar-refractivity contribution is -0.183. The summed E-state index contributed by atoms with van der Waals surface area (Å²) in [6.45, 7) is 10.8. The predicted octanol–water partition coefficient (Wildman–Crippen LogP) is 9.41. The number of unbranched alkanes of at least 4 members (excludes halogenated alkanes) is 2. The fourth-order valence-corrected chi connectivity index (χ4v) is 12.2. The number of imidazole rings is 2. The van der Waals surface area contributed by atoms with Gasteiger partial charge in [-0.1, -0.05) is 66.6 Å². The van der Waals surface area contributed by atoms with E-state index >= 15 is 0 Å². The number of anilines is 1. The molecule has 2 saturated heterocycles. The van der Waals surface area contributed by atoms with E-state index in [4.69, 9.17) is 19.4 Å². The Morgan fingerprint density at radius 2 is 1.59 bits per heavy atom. The van der Waals surface area contributed by atoms with Crippen molar-refractivity contribution in [2.45, 2.75) is 135 Å². The van der Waals surface area contributed by atoms with Gasteiger partial charge in [0.15, 0.2) is 17.7 Å². The van der Waals surface area contributed by atoms with Gasteiger partial charge >= 0.3 is 5.97 Å². The minimum Gasteiger partial charge on any atom is -0.457 e. The van der Waals surface area contributed by atoms with E-state index in [2.05, 4.69) is 73.4 Å². The van der Waals surface area contributed by atoms with Crippen molar-refractivity contribution in [2.75, 3.05) is 25.0 Å². The average Bonchev–Trinajstić information content (AvgIpc) is 4.08. The molecule has 2 aromatic heterocycles. The Morgan fingerprint density at radius 3 is 2.42 bits per heavy atom. The van der Waals surface area contributed by atoms with Gasteiger partial charge in [0.25, 0.3) is 0 Å². The van der Waals surface area contributed by atoms with Crippen LogP contribution in [0.2, 0.25) is 0 Å². The van der Waals surface area contributed by atoms with Crippen LogP contribution in [-0.2, 0) is 45.7 Å². The quantitative estimate of drug-likeness (QED) is 0.0555. The Morgan fingerprint density at radius 1 is 0.849 bits per heavy atom. The van der Waals surface area contributed by atoms with Crippen LogP contribution in [0.5, 0.6) is 0 Å². The van der Waals surface area contributed by atoms with E-state index in [-0.39, 0.29) is 36.4 Å². The van der Waals surface area contributed by atoms with E-state index in [1.807, 2.05) is 63.2 Å². The molecule has 3 aliphatic heterocycles. The Hall–Kier alpha value is -6.74. The smallest absolute Gasteiger partial charge is 0.306 e. The highest BCUT2D eigenvalue weighted by Crippen LogP contribution is 2.50. The van der Waals surface area contributed by atoms with Gasteiger partial charge in [-0.15, -0.1) is 0 Å². The standard InChI is InChI=1S/C59H66N8O6/c1-36-20-22-40-38(32-36)21-23-42-53(40)56(70)43-25-24-41-48-33-59(3,64-55(41)54(43)57(42)71)58(37(2)72-48)73-52(69)27-26-51(68)61-29-11-12-31-67-47-19-8-6-17-45(47)62-49(67)34-60-28-10-9-14-39-15-13-30-66(39)35-50-63-44-16-5-7-18-46(44)65(50)4/h5-8,16-25,32,37,39,48,58,60,64H,9-15,26-31,33-35H2,1-4H3,(H,61,68)/t37-,39-,48?,58?,59?/m1/s1. The molecule has 0 radical (unpaired) electrons. The normalized spacial score (nSPS) is 21.3. The van der Waals surface area contributed by atoms with E-state index in [1.165, 1.54) is 31.2 Å². The fourth-order valence-electron chi connectivity index (χ4n) is 12.2. The molecule has 2 fully saturated rings. The number of esters is 1. The third-order valence-electron chi connectivity index (χ3n) is 16.0. The van der Waals surface area contributed by atoms with Gasteiger partial charge in [0.2, 0.25) is 5.91 Å². The average molecular weight is 983 g/mol. The van der Waals surface area contributed by atoms with Gasteiger partial charge in [0.1, 0.15) is 11.6 Å². The van der Waals surface area contributed by atoms with Crippen molar-refractivity contribution in [2.24, 2.45) is 7.05 Å². The summed E-state index contributed by atoms with van der Waals surface area (Å²) in [7, 11) is 2.13. The summed E-state index contributed by atoms with van der Waals surface area (Å²) in [6.07, 6.45) is 6.43. The van der Waals surface area contributed by atoms with Crippen LogP contribution in [0.25, 0.3) is 32.8 Å². The van der Waals surface area contributed by atoms with Crippen LogP contribution in [0, 0.1) is 6.92 Å². The third kappa shape index (κ3) is 9.45. The highest BCUT2D eigenvalue weighted by atomic mass is 16.6. The number of likely N-dealkylation sites (tertiary alicyclic amines) is 1. The molecule has 5 atom stereocenters. The lowest BCUT2D eigenvalue weighted by atomic mass is 9.73. The molecular formula is C59H66N8O6. The number of fused-ring (bicyclic) bond motifs is 11. The van der Waals surface area contributed by atoms with Crippen molar-refractivity contribution in [3.8, 4) is 0 Å². The van der Waals surface area contributed by atoms with Crippen LogP contribution >= 0.6 is 0 Å². The third-order valence-corrected chi connectivity index (χ3v) is 16.0. The molecule has 1 amide bonds. The predicted molar refractivity (Wildman–Crippen MR) is 283 cm³/mol. The minimum atomic E-state index is -0.806. The van der Waals surface area contributed by atoms with Gasteiger partial charge in [-0.25, -0.2) is 9.97 Å². The second-order valence-corrected chi connectivity index (χ2v) is 21.1. The van der Waals surface area contributed by atoms with Gasteiger partial charge in [0, 0.05) is 61.3 Å². The van der Waals surface area contributed by atoms with Gasteiger partial charge < -0.3 is 34.6 Å². The molecule has 3 N–H and O–H groups in total. The topological polar surface area (TPSA) is 162 Å². The molecule has 0 saturated carbocycles. The Labute approximate surface area is 426 Å². The molecule has 378 valence electrons. The number of carbonyl (C=O) groups is 4. The first-order chi connectivity index (χ1) is 35.4. The first kappa shape index (κ1) is 48.5. The number of amides is 1. The second kappa shape index (κ2) is 20.3. The lowest BCUT2D eigenvalue weighted by Crippen LogP contribution is -2.61. The minimum absolute atomic E-state index is 0.00232. The summed E-state index contributed by atoms with van der Waals surface area (Å²) in [5.74, 6) is 1.02. The Kier molecular flexibility index (Phi) is 13.5. The number of ketones is 2. The molecule has 7 aromatic rings. The number of aromatic nitrogens is 4. The largest absolute Gasteiger partial charge is 0.457 e. The van der Waals surface area contributed by atoms with E-state index < -0.39 is 23.7 Å². The highest BCUT2D eigenvalue weighted by molar-refractivity contribution is 6.33. The molecule has 5 heterocycles. The van der Waals surface area contributed by atoms with E-state index in [1.54, 1.807) is 12.1 Å². The molecular weight excluding hydrogens is 917 g/mol. The maximum atomic E-state index is 14.3. The summed E-state index contributed by atoms with van der Waals surface area (Å²) in [5, 5.41) is 11.9. The number of benzene rings is 5. The van der Waals surface area contributed by atoms with Crippen LogP contribution in [0.15, 0.2) is 91.0 Å². The molecule has 14 heteroatoms. The number of rotatable bonds is 18. The van der Waals surface area contributed by atoms with Crippen LogP contribution in [0.1, 0.15) is 139 Å². The monoisotopic (exact) mass is 983 g/mol. The SMILES string of the molecule is Cc1ccc2c3c(ccc2c1)C(=O)c1c(ccc2c1NC1(C)CC2O[C@H](C)C1OC(=O)CCC(=O)NCCCCn1c(CNCCCC[C@@H]2CCCN2Cc2nc4ccccc4n2C)nc2ccccc21)C3=O. The number of aryl methyl sites for hydroxylation is 3. The lowest BCUT2D eigenvalue weighted by Gasteiger charge is -2.52. The second-order valence-electron chi connectivity index (χ2n) is 21.1. The number of para-hydroxylation sites is 4. The molecule has 73 heavy (non-hydrogen) atoms. The molecule has 0 spiro atoms. The van der Waals surface area contributed by atoms with E-state index in [0.29, 0.717) is 53.5 Å². The zero-order valence-corrected chi connectivity index (χ0v) is 42.5. The van der Waals surface area contributed by atoms with Gasteiger partial charge in [-0.2, -0.15) is 0 Å². The molecule has 3 unspecified atom stereocenters.